The molecule has 1 atom stereocenters. The van der Waals surface area contributed by atoms with E-state index in [1.165, 1.54) is 6.08 Å². The normalized spacial score (nSPS) is 11.9. The molecule has 1 unspecified atom stereocenters. The highest BCUT2D eigenvalue weighted by atomic mass is 16.5. The van der Waals surface area contributed by atoms with E-state index in [-0.39, 0.29) is 13.2 Å². The topological polar surface area (TPSA) is 80.6 Å². The van der Waals surface area contributed by atoms with Crippen LogP contribution in [0.1, 0.15) is 16.2 Å². The van der Waals surface area contributed by atoms with Gasteiger partial charge in [0, 0.05) is 12.7 Å². The van der Waals surface area contributed by atoms with Crippen LogP contribution in [0.3, 0.4) is 0 Å². The number of hydrogen-bond acceptors (Lipinski definition) is 3. The lowest BCUT2D eigenvalue weighted by atomic mass is 10.3. The lowest BCUT2D eigenvalue weighted by Gasteiger charge is -2.14. The molecule has 6 heteroatoms. The van der Waals surface area contributed by atoms with Crippen molar-refractivity contribution in [2.24, 2.45) is 7.05 Å². The van der Waals surface area contributed by atoms with E-state index in [2.05, 4.69) is 11.9 Å². The van der Waals surface area contributed by atoms with Gasteiger partial charge in [-0.2, -0.15) is 0 Å². The fraction of sp³-hybridized carbons (Fsp3) is 0.385. The Balaban J connectivity index is 2.68. The van der Waals surface area contributed by atoms with Crippen LogP contribution in [0.15, 0.2) is 24.8 Å². The van der Waals surface area contributed by atoms with Gasteiger partial charge in [-0.25, -0.2) is 4.79 Å². The number of carbonyl (C=O) groups is 2. The molecule has 0 radical (unpaired) electrons. The van der Waals surface area contributed by atoms with Crippen LogP contribution in [0.4, 0.5) is 0 Å². The van der Waals surface area contributed by atoms with Crippen molar-refractivity contribution in [1.29, 1.82) is 0 Å². The molecule has 0 saturated carbocycles. The van der Waals surface area contributed by atoms with E-state index in [0.717, 1.165) is 5.69 Å². The number of rotatable bonds is 7. The lowest BCUT2D eigenvalue weighted by molar-refractivity contribution is -0.140. The molecule has 0 aliphatic carbocycles. The van der Waals surface area contributed by atoms with Gasteiger partial charge in [-0.05, 0) is 19.1 Å². The van der Waals surface area contributed by atoms with Crippen LogP contribution in [-0.2, 0) is 16.6 Å². The Morgan fingerprint density at radius 2 is 2.26 bits per heavy atom. The summed E-state index contributed by atoms with van der Waals surface area (Å²) < 4.78 is 6.75. The zero-order valence-electron chi connectivity index (χ0n) is 11.0. The summed E-state index contributed by atoms with van der Waals surface area (Å²) in [5.41, 5.74) is 1.33. The summed E-state index contributed by atoms with van der Waals surface area (Å²) in [6.45, 7) is 5.46. The number of hydrogen-bond donors (Lipinski definition) is 2. The highest BCUT2D eigenvalue weighted by molar-refractivity contribution is 5.95. The van der Waals surface area contributed by atoms with Crippen molar-refractivity contribution in [3.05, 3.63) is 36.2 Å². The second kappa shape index (κ2) is 6.75. The predicted molar refractivity (Wildman–Crippen MR) is 70.1 cm³/mol. The smallest absolute Gasteiger partial charge is 0.328 e. The number of aryl methyl sites for hydroxylation is 1. The zero-order valence-corrected chi connectivity index (χ0v) is 11.0. The third-order valence-corrected chi connectivity index (χ3v) is 2.73. The number of carboxylic acids is 1. The molecule has 6 nitrogen and oxygen atoms in total. The number of carbonyl (C=O) groups excluding carboxylic acids is 1. The van der Waals surface area contributed by atoms with Gasteiger partial charge in [0.25, 0.3) is 5.91 Å². The van der Waals surface area contributed by atoms with Crippen LogP contribution in [0.25, 0.3) is 0 Å². The molecule has 0 fully saturated rings. The van der Waals surface area contributed by atoms with Crippen LogP contribution in [0, 0.1) is 6.92 Å². The third-order valence-electron chi connectivity index (χ3n) is 2.73. The van der Waals surface area contributed by atoms with Crippen molar-refractivity contribution in [1.82, 2.24) is 9.88 Å². The maximum Gasteiger partial charge on any atom is 0.328 e. The van der Waals surface area contributed by atoms with Gasteiger partial charge in [0.05, 0.1) is 13.2 Å². The molecule has 0 aliphatic rings. The second-order valence-corrected chi connectivity index (χ2v) is 4.11. The van der Waals surface area contributed by atoms with Crippen molar-refractivity contribution in [3.63, 3.8) is 0 Å². The number of nitrogens with zero attached hydrogens (tertiary/aromatic N) is 1. The minimum atomic E-state index is -1.14. The molecule has 0 aliphatic heterocycles. The molecule has 19 heavy (non-hydrogen) atoms. The van der Waals surface area contributed by atoms with Gasteiger partial charge in [-0.15, -0.1) is 6.58 Å². The van der Waals surface area contributed by atoms with Crippen LogP contribution in [0.5, 0.6) is 0 Å². The van der Waals surface area contributed by atoms with Gasteiger partial charge in [0.15, 0.2) is 6.04 Å². The summed E-state index contributed by atoms with van der Waals surface area (Å²) in [5.74, 6) is -1.58. The number of aliphatic carboxylic acids is 1. The molecule has 1 aromatic rings. The number of amides is 1. The Morgan fingerprint density at radius 3 is 2.74 bits per heavy atom. The molecule has 1 amide bonds. The van der Waals surface area contributed by atoms with Crippen molar-refractivity contribution in [2.75, 3.05) is 13.2 Å². The summed E-state index contributed by atoms with van der Waals surface area (Å²) in [7, 11) is 1.74. The second-order valence-electron chi connectivity index (χ2n) is 4.11. The molecule has 0 spiro atoms. The first-order valence-corrected chi connectivity index (χ1v) is 5.82. The minimum absolute atomic E-state index is 0.101. The third kappa shape index (κ3) is 3.96. The maximum atomic E-state index is 12.0. The first-order valence-electron chi connectivity index (χ1n) is 5.82. The monoisotopic (exact) mass is 266 g/mol. The average Bonchev–Trinajstić information content (AvgIpc) is 2.68. The summed E-state index contributed by atoms with van der Waals surface area (Å²) in [6.07, 6.45) is 1.52. The van der Waals surface area contributed by atoms with Gasteiger partial charge in [0.1, 0.15) is 5.69 Å². The standard InChI is InChI=1S/C13H18N2O4/c1-4-7-19-8-10(13(17)18)14-12(16)11-6-5-9(2)15(11)3/h4-6,10H,1,7-8H2,2-3H3,(H,14,16)(H,17,18). The molecular weight excluding hydrogens is 248 g/mol. The van der Waals surface area contributed by atoms with E-state index >= 15 is 0 Å². The van der Waals surface area contributed by atoms with Gasteiger partial charge in [-0.1, -0.05) is 6.08 Å². The van der Waals surface area contributed by atoms with E-state index in [0.29, 0.717) is 5.69 Å². The minimum Gasteiger partial charge on any atom is -0.480 e. The number of nitrogens with one attached hydrogen (secondary N) is 1. The first kappa shape index (κ1) is 15.0. The molecular formula is C13H18N2O4. The van der Waals surface area contributed by atoms with Crippen molar-refractivity contribution < 1.29 is 19.4 Å². The molecule has 1 rings (SSSR count). The van der Waals surface area contributed by atoms with E-state index in [4.69, 9.17) is 9.84 Å². The highest BCUT2D eigenvalue weighted by Crippen LogP contribution is 2.06. The van der Waals surface area contributed by atoms with Crippen LogP contribution < -0.4 is 5.32 Å². The summed E-state index contributed by atoms with van der Waals surface area (Å²) in [5, 5.41) is 11.4. The Labute approximate surface area is 111 Å². The summed E-state index contributed by atoms with van der Waals surface area (Å²) in [4.78, 5) is 23.0. The van der Waals surface area contributed by atoms with Crippen LogP contribution in [-0.4, -0.2) is 40.8 Å². The van der Waals surface area contributed by atoms with Gasteiger partial charge in [0.2, 0.25) is 0 Å². The molecule has 0 saturated heterocycles. The summed E-state index contributed by atoms with van der Waals surface area (Å²) in [6, 6.07) is 2.36. The Bertz CT molecular complexity index is 479. The van der Waals surface area contributed by atoms with E-state index in [1.54, 1.807) is 23.7 Å². The Hall–Kier alpha value is -2.08. The largest absolute Gasteiger partial charge is 0.480 e. The highest BCUT2D eigenvalue weighted by Gasteiger charge is 2.22. The quantitative estimate of drug-likeness (QED) is 0.563. The van der Waals surface area contributed by atoms with E-state index < -0.39 is 17.9 Å². The van der Waals surface area contributed by atoms with E-state index in [1.807, 2.05) is 6.92 Å². The SMILES string of the molecule is C=CCOCC(NC(=O)c1ccc(C)n1C)C(=O)O. The van der Waals surface area contributed by atoms with Crippen molar-refractivity contribution in [2.45, 2.75) is 13.0 Å². The number of ether oxygens (including phenoxy) is 1. The molecule has 1 heterocycles. The summed E-state index contributed by atoms with van der Waals surface area (Å²) >= 11 is 0. The Kier molecular flexibility index (Phi) is 5.32. The molecule has 2 N–H and O–H groups in total. The fourth-order valence-electron chi connectivity index (χ4n) is 1.52. The van der Waals surface area contributed by atoms with Gasteiger partial charge < -0.3 is 19.7 Å². The van der Waals surface area contributed by atoms with Gasteiger partial charge in [-0.3, -0.25) is 4.79 Å². The maximum absolute atomic E-state index is 12.0. The number of aromatic nitrogens is 1. The first-order chi connectivity index (χ1) is 8.97. The Morgan fingerprint density at radius 1 is 1.58 bits per heavy atom. The lowest BCUT2D eigenvalue weighted by Crippen LogP contribution is -2.44. The number of carboxylic acid groups (broad SMARTS) is 1. The van der Waals surface area contributed by atoms with Crippen LogP contribution >= 0.6 is 0 Å². The molecule has 0 aromatic carbocycles. The molecule has 1 aromatic heterocycles. The van der Waals surface area contributed by atoms with Crippen molar-refractivity contribution >= 4 is 11.9 Å². The fourth-order valence-corrected chi connectivity index (χ4v) is 1.52. The van der Waals surface area contributed by atoms with Gasteiger partial charge >= 0.3 is 5.97 Å². The molecule has 0 bridgehead atoms. The molecule has 104 valence electrons. The predicted octanol–water partition coefficient (Wildman–Crippen LogP) is 0.719. The van der Waals surface area contributed by atoms with Crippen LogP contribution in [0.2, 0.25) is 0 Å². The van der Waals surface area contributed by atoms with E-state index in [9.17, 15) is 9.59 Å². The van der Waals surface area contributed by atoms with Crippen molar-refractivity contribution in [3.8, 4) is 0 Å². The zero-order chi connectivity index (χ0) is 14.4. The average molecular weight is 266 g/mol.